The molecule has 104 valence electrons. The van der Waals surface area contributed by atoms with E-state index in [0.29, 0.717) is 10.6 Å². The van der Waals surface area contributed by atoms with E-state index in [1.807, 2.05) is 42.5 Å². The van der Waals surface area contributed by atoms with Crippen LogP contribution in [0.5, 0.6) is 0 Å². The maximum Gasteiger partial charge on any atom is 0.257 e. The molecule has 0 atom stereocenters. The first kappa shape index (κ1) is 13.5. The molecule has 21 heavy (non-hydrogen) atoms. The van der Waals surface area contributed by atoms with Crippen molar-refractivity contribution in [1.82, 2.24) is 0 Å². The molecule has 0 aromatic heterocycles. The topological polar surface area (TPSA) is 55.1 Å². The molecule has 0 fully saturated rings. The van der Waals surface area contributed by atoms with Crippen molar-refractivity contribution in [2.75, 3.05) is 11.1 Å². The monoisotopic (exact) mass is 296 g/mol. The lowest BCUT2D eigenvalue weighted by molar-refractivity contribution is 0.102. The van der Waals surface area contributed by atoms with E-state index in [2.05, 4.69) is 5.32 Å². The molecule has 0 saturated carbocycles. The first-order valence-electron chi connectivity index (χ1n) is 6.50. The molecule has 3 nitrogen and oxygen atoms in total. The molecular formula is C17H13ClN2O. The average Bonchev–Trinajstić information content (AvgIpc) is 2.50. The van der Waals surface area contributed by atoms with Crippen LogP contribution in [0.1, 0.15) is 10.4 Å². The van der Waals surface area contributed by atoms with E-state index in [0.717, 1.165) is 16.5 Å². The fraction of sp³-hybridized carbons (Fsp3) is 0. The van der Waals surface area contributed by atoms with Gasteiger partial charge in [-0.15, -0.1) is 0 Å². The normalized spacial score (nSPS) is 10.5. The summed E-state index contributed by atoms with van der Waals surface area (Å²) >= 11 is 5.95. The number of rotatable bonds is 2. The Bertz CT molecular complexity index is 825. The van der Waals surface area contributed by atoms with E-state index < -0.39 is 0 Å². The largest absolute Gasteiger partial charge is 0.397 e. The number of benzene rings is 3. The van der Waals surface area contributed by atoms with Gasteiger partial charge in [-0.1, -0.05) is 54.1 Å². The van der Waals surface area contributed by atoms with Crippen LogP contribution in [0.2, 0.25) is 5.02 Å². The second kappa shape index (κ2) is 5.46. The number of anilines is 2. The lowest BCUT2D eigenvalue weighted by Gasteiger charge is -2.10. The standard InChI is InChI=1S/C17H13ClN2O/c18-14-9-4-8-13(16(14)19)17(21)20-15-10-3-6-11-5-1-2-7-12(11)15/h1-10H,19H2,(H,20,21). The highest BCUT2D eigenvalue weighted by Gasteiger charge is 2.12. The van der Waals surface area contributed by atoms with Gasteiger partial charge in [0.1, 0.15) is 0 Å². The van der Waals surface area contributed by atoms with Crippen LogP contribution in [0.4, 0.5) is 11.4 Å². The molecule has 3 aromatic rings. The smallest absolute Gasteiger partial charge is 0.257 e. The molecular weight excluding hydrogens is 284 g/mol. The Kier molecular flexibility index (Phi) is 3.50. The zero-order chi connectivity index (χ0) is 14.8. The predicted molar refractivity (Wildman–Crippen MR) is 87.8 cm³/mol. The van der Waals surface area contributed by atoms with Crippen LogP contribution in [0, 0.1) is 0 Å². The summed E-state index contributed by atoms with van der Waals surface area (Å²) in [5.41, 5.74) is 7.26. The molecule has 0 radical (unpaired) electrons. The van der Waals surface area contributed by atoms with Crippen molar-refractivity contribution in [2.24, 2.45) is 0 Å². The number of para-hydroxylation sites is 1. The fourth-order valence-corrected chi connectivity index (χ4v) is 2.43. The highest BCUT2D eigenvalue weighted by molar-refractivity contribution is 6.34. The number of nitrogen functional groups attached to an aromatic ring is 1. The number of hydrogen-bond donors (Lipinski definition) is 2. The predicted octanol–water partition coefficient (Wildman–Crippen LogP) is 4.33. The third-order valence-corrected chi connectivity index (χ3v) is 3.66. The Morgan fingerprint density at radius 3 is 2.52 bits per heavy atom. The number of fused-ring (bicyclic) bond motifs is 1. The van der Waals surface area contributed by atoms with Crippen molar-refractivity contribution in [2.45, 2.75) is 0 Å². The summed E-state index contributed by atoms with van der Waals surface area (Å²) < 4.78 is 0. The van der Waals surface area contributed by atoms with Crippen molar-refractivity contribution >= 4 is 39.7 Å². The van der Waals surface area contributed by atoms with E-state index in [4.69, 9.17) is 17.3 Å². The molecule has 0 unspecified atom stereocenters. The van der Waals surface area contributed by atoms with Gasteiger partial charge in [-0.2, -0.15) is 0 Å². The third kappa shape index (κ3) is 2.56. The van der Waals surface area contributed by atoms with Gasteiger partial charge in [-0.05, 0) is 23.6 Å². The Balaban J connectivity index is 1.99. The molecule has 3 N–H and O–H groups in total. The molecule has 3 aromatic carbocycles. The molecule has 0 spiro atoms. The summed E-state index contributed by atoms with van der Waals surface area (Å²) in [5.74, 6) is -0.272. The summed E-state index contributed by atoms with van der Waals surface area (Å²) in [6.45, 7) is 0. The van der Waals surface area contributed by atoms with Crippen molar-refractivity contribution in [3.8, 4) is 0 Å². The van der Waals surface area contributed by atoms with Crippen LogP contribution in [-0.4, -0.2) is 5.91 Å². The summed E-state index contributed by atoms with van der Waals surface area (Å²) in [6.07, 6.45) is 0. The molecule has 3 rings (SSSR count). The SMILES string of the molecule is Nc1c(Cl)cccc1C(=O)Nc1cccc2ccccc12. The minimum absolute atomic E-state index is 0.272. The second-order valence-electron chi connectivity index (χ2n) is 4.68. The van der Waals surface area contributed by atoms with Crippen LogP contribution in [0.15, 0.2) is 60.7 Å². The number of carbonyl (C=O) groups excluding carboxylic acids is 1. The molecule has 0 aliphatic heterocycles. The summed E-state index contributed by atoms with van der Waals surface area (Å²) in [4.78, 5) is 12.4. The minimum Gasteiger partial charge on any atom is -0.397 e. The number of carbonyl (C=O) groups is 1. The van der Waals surface area contributed by atoms with Gasteiger partial charge < -0.3 is 11.1 Å². The number of nitrogens with two attached hydrogens (primary N) is 1. The first-order chi connectivity index (χ1) is 10.2. The number of halogens is 1. The quantitative estimate of drug-likeness (QED) is 0.692. The van der Waals surface area contributed by atoms with Crippen LogP contribution < -0.4 is 11.1 Å². The minimum atomic E-state index is -0.272. The van der Waals surface area contributed by atoms with E-state index in [-0.39, 0.29) is 11.6 Å². The van der Waals surface area contributed by atoms with Crippen LogP contribution >= 0.6 is 11.6 Å². The van der Waals surface area contributed by atoms with Crippen LogP contribution in [-0.2, 0) is 0 Å². The molecule has 4 heteroatoms. The highest BCUT2D eigenvalue weighted by atomic mass is 35.5. The molecule has 0 bridgehead atoms. The van der Waals surface area contributed by atoms with Crippen LogP contribution in [0.3, 0.4) is 0 Å². The summed E-state index contributed by atoms with van der Waals surface area (Å²) in [6, 6.07) is 18.6. The number of amides is 1. The van der Waals surface area contributed by atoms with Crippen molar-refractivity contribution < 1.29 is 4.79 Å². The molecule has 0 heterocycles. The maximum absolute atomic E-state index is 12.4. The van der Waals surface area contributed by atoms with Gasteiger partial charge in [0.2, 0.25) is 0 Å². The van der Waals surface area contributed by atoms with Crippen molar-refractivity contribution in [3.05, 3.63) is 71.2 Å². The van der Waals surface area contributed by atoms with Gasteiger partial charge in [0.05, 0.1) is 16.3 Å². The van der Waals surface area contributed by atoms with Crippen LogP contribution in [0.25, 0.3) is 10.8 Å². The van der Waals surface area contributed by atoms with Gasteiger partial charge in [0.15, 0.2) is 0 Å². The van der Waals surface area contributed by atoms with Gasteiger partial charge >= 0.3 is 0 Å². The van der Waals surface area contributed by atoms with E-state index in [1.165, 1.54) is 0 Å². The summed E-state index contributed by atoms with van der Waals surface area (Å²) in [7, 11) is 0. The lowest BCUT2D eigenvalue weighted by atomic mass is 10.1. The Morgan fingerprint density at radius 1 is 0.952 bits per heavy atom. The fourth-order valence-electron chi connectivity index (χ4n) is 2.26. The Hall–Kier alpha value is -2.52. The van der Waals surface area contributed by atoms with E-state index >= 15 is 0 Å². The summed E-state index contributed by atoms with van der Waals surface area (Å²) in [5, 5.41) is 5.31. The second-order valence-corrected chi connectivity index (χ2v) is 5.09. The van der Waals surface area contributed by atoms with Gasteiger partial charge in [-0.3, -0.25) is 4.79 Å². The molecule has 0 saturated heterocycles. The highest BCUT2D eigenvalue weighted by Crippen LogP contribution is 2.26. The average molecular weight is 297 g/mol. The Morgan fingerprint density at radius 2 is 1.67 bits per heavy atom. The van der Waals surface area contributed by atoms with E-state index in [1.54, 1.807) is 18.2 Å². The molecule has 1 amide bonds. The molecule has 0 aliphatic carbocycles. The van der Waals surface area contributed by atoms with Gasteiger partial charge in [-0.25, -0.2) is 0 Å². The number of nitrogens with one attached hydrogen (secondary N) is 1. The first-order valence-corrected chi connectivity index (χ1v) is 6.88. The Labute approximate surface area is 127 Å². The van der Waals surface area contributed by atoms with Gasteiger partial charge in [0.25, 0.3) is 5.91 Å². The number of hydrogen-bond acceptors (Lipinski definition) is 2. The third-order valence-electron chi connectivity index (χ3n) is 3.34. The zero-order valence-electron chi connectivity index (χ0n) is 11.1. The maximum atomic E-state index is 12.4. The van der Waals surface area contributed by atoms with E-state index in [9.17, 15) is 4.79 Å². The molecule has 0 aliphatic rings. The zero-order valence-corrected chi connectivity index (χ0v) is 11.9. The van der Waals surface area contributed by atoms with Gasteiger partial charge in [0, 0.05) is 11.1 Å². The van der Waals surface area contributed by atoms with Crippen molar-refractivity contribution in [3.63, 3.8) is 0 Å². The lowest BCUT2D eigenvalue weighted by Crippen LogP contribution is -2.14. The van der Waals surface area contributed by atoms with Crippen molar-refractivity contribution in [1.29, 1.82) is 0 Å².